The van der Waals surface area contributed by atoms with Gasteiger partial charge in [0.15, 0.2) is 11.5 Å². The number of carbonyl (C=O) groups is 1. The highest BCUT2D eigenvalue weighted by molar-refractivity contribution is 6.28. The first kappa shape index (κ1) is 13.1. The van der Waals surface area contributed by atoms with Gasteiger partial charge < -0.3 is 15.2 Å². The molecule has 3 rings (SSSR count). The molecule has 2 aromatic rings. The summed E-state index contributed by atoms with van der Waals surface area (Å²) in [6.07, 6.45) is 3.34. The van der Waals surface area contributed by atoms with Crippen molar-refractivity contribution in [1.29, 1.82) is 0 Å². The number of anilines is 1. The van der Waals surface area contributed by atoms with Crippen molar-refractivity contribution in [2.45, 2.75) is 25.8 Å². The first-order valence-corrected chi connectivity index (χ1v) is 6.90. The minimum Gasteiger partial charge on any atom is -0.365 e. The molecule has 7 nitrogen and oxygen atoms in total. The number of piperidine rings is 1. The second-order valence-electron chi connectivity index (χ2n) is 4.87. The number of H-pyrrole nitrogens is 1. The lowest BCUT2D eigenvalue weighted by Crippen LogP contribution is -2.41. The quantitative estimate of drug-likeness (QED) is 0.818. The van der Waals surface area contributed by atoms with Crippen molar-refractivity contribution < 1.29 is 4.79 Å². The minimum atomic E-state index is 0.129. The zero-order chi connectivity index (χ0) is 14.1. The molecule has 0 bridgehead atoms. The summed E-state index contributed by atoms with van der Waals surface area (Å²) in [6, 6.07) is 0.267. The van der Waals surface area contributed by atoms with Crippen LogP contribution in [0.15, 0.2) is 6.33 Å². The molecule has 8 heteroatoms. The van der Waals surface area contributed by atoms with Crippen molar-refractivity contribution in [2.24, 2.45) is 0 Å². The van der Waals surface area contributed by atoms with Crippen LogP contribution in [0.3, 0.4) is 0 Å². The van der Waals surface area contributed by atoms with Crippen LogP contribution in [-0.2, 0) is 4.79 Å². The molecule has 2 N–H and O–H groups in total. The van der Waals surface area contributed by atoms with Crippen LogP contribution >= 0.6 is 11.6 Å². The van der Waals surface area contributed by atoms with E-state index in [1.165, 1.54) is 0 Å². The number of hydrogen-bond acceptors (Lipinski definition) is 5. The fraction of sp³-hybridized carbons (Fsp3) is 0.500. The molecule has 0 radical (unpaired) electrons. The number of hydrogen-bond donors (Lipinski definition) is 2. The predicted octanol–water partition coefficient (Wildman–Crippen LogP) is 1.43. The van der Waals surface area contributed by atoms with E-state index in [2.05, 4.69) is 25.3 Å². The van der Waals surface area contributed by atoms with Crippen LogP contribution in [0.5, 0.6) is 0 Å². The van der Waals surface area contributed by atoms with Gasteiger partial charge in [-0.15, -0.1) is 0 Å². The topological polar surface area (TPSA) is 86.8 Å². The lowest BCUT2D eigenvalue weighted by molar-refractivity contribution is -0.129. The molecule has 1 aliphatic rings. The summed E-state index contributed by atoms with van der Waals surface area (Å²) in [5.41, 5.74) is 1.30. The van der Waals surface area contributed by atoms with Crippen LogP contribution in [-0.4, -0.2) is 49.9 Å². The second-order valence-corrected chi connectivity index (χ2v) is 5.21. The Morgan fingerprint density at radius 2 is 2.20 bits per heavy atom. The average molecular weight is 295 g/mol. The standard InChI is InChI=1S/C12H15ClN6O/c1-7(20)19-4-2-8(3-5-19)16-11-9-10(15-6-14-9)17-12(13)18-11/h6,8H,2-5H2,1H3,(H2,14,15,16,17,18). The van der Waals surface area contributed by atoms with Gasteiger partial charge in [-0.25, -0.2) is 4.98 Å². The van der Waals surface area contributed by atoms with Gasteiger partial charge in [0.2, 0.25) is 11.2 Å². The van der Waals surface area contributed by atoms with Crippen molar-refractivity contribution in [1.82, 2.24) is 24.8 Å². The van der Waals surface area contributed by atoms with E-state index in [4.69, 9.17) is 11.6 Å². The smallest absolute Gasteiger partial charge is 0.226 e. The van der Waals surface area contributed by atoms with E-state index in [0.717, 1.165) is 31.4 Å². The van der Waals surface area contributed by atoms with Crippen LogP contribution in [0.2, 0.25) is 5.28 Å². The van der Waals surface area contributed by atoms with Crippen LogP contribution < -0.4 is 5.32 Å². The zero-order valence-electron chi connectivity index (χ0n) is 11.1. The van der Waals surface area contributed by atoms with Gasteiger partial charge in [-0.2, -0.15) is 9.97 Å². The largest absolute Gasteiger partial charge is 0.365 e. The van der Waals surface area contributed by atoms with Crippen LogP contribution in [0.4, 0.5) is 5.82 Å². The number of nitrogens with zero attached hydrogens (tertiary/aromatic N) is 4. The van der Waals surface area contributed by atoms with Crippen molar-refractivity contribution in [3.05, 3.63) is 11.6 Å². The van der Waals surface area contributed by atoms with E-state index in [1.807, 2.05) is 4.90 Å². The van der Waals surface area contributed by atoms with Gasteiger partial charge in [-0.3, -0.25) is 4.79 Å². The van der Waals surface area contributed by atoms with E-state index in [0.29, 0.717) is 11.5 Å². The lowest BCUT2D eigenvalue weighted by atomic mass is 10.1. The normalized spacial score (nSPS) is 16.6. The highest BCUT2D eigenvalue weighted by Crippen LogP contribution is 2.22. The number of likely N-dealkylation sites (tertiary alicyclic amines) is 1. The first-order valence-electron chi connectivity index (χ1n) is 6.52. The summed E-state index contributed by atoms with van der Waals surface area (Å²) in [4.78, 5) is 28.5. The Balaban J connectivity index is 1.74. The maximum Gasteiger partial charge on any atom is 0.226 e. The summed E-state index contributed by atoms with van der Waals surface area (Å²) in [5, 5.41) is 3.54. The summed E-state index contributed by atoms with van der Waals surface area (Å²) < 4.78 is 0. The number of nitrogens with one attached hydrogen (secondary N) is 2. The van der Waals surface area contributed by atoms with E-state index >= 15 is 0 Å². The van der Waals surface area contributed by atoms with Crippen LogP contribution in [0.25, 0.3) is 11.2 Å². The summed E-state index contributed by atoms with van der Waals surface area (Å²) in [6.45, 7) is 3.13. The number of aromatic nitrogens is 4. The van der Waals surface area contributed by atoms with Gasteiger partial charge in [0, 0.05) is 26.1 Å². The third kappa shape index (κ3) is 2.53. The van der Waals surface area contributed by atoms with E-state index in [1.54, 1.807) is 13.3 Å². The molecular weight excluding hydrogens is 280 g/mol. The van der Waals surface area contributed by atoms with Gasteiger partial charge in [0.25, 0.3) is 0 Å². The van der Waals surface area contributed by atoms with Crippen molar-refractivity contribution in [2.75, 3.05) is 18.4 Å². The highest BCUT2D eigenvalue weighted by Gasteiger charge is 2.22. The molecule has 1 saturated heterocycles. The molecule has 1 fully saturated rings. The Morgan fingerprint density at radius 1 is 1.45 bits per heavy atom. The number of rotatable bonds is 2. The van der Waals surface area contributed by atoms with Crippen LogP contribution in [0.1, 0.15) is 19.8 Å². The van der Waals surface area contributed by atoms with Gasteiger partial charge in [0.05, 0.1) is 6.33 Å². The van der Waals surface area contributed by atoms with Gasteiger partial charge in [-0.05, 0) is 24.4 Å². The number of amides is 1. The average Bonchev–Trinajstić information content (AvgIpc) is 2.87. The Kier molecular flexibility index (Phi) is 3.43. The van der Waals surface area contributed by atoms with Gasteiger partial charge in [0.1, 0.15) is 5.52 Å². The monoisotopic (exact) mass is 294 g/mol. The molecule has 3 heterocycles. The summed E-state index contributed by atoms with van der Waals surface area (Å²) in [5.74, 6) is 0.795. The zero-order valence-corrected chi connectivity index (χ0v) is 11.8. The maximum atomic E-state index is 11.3. The fourth-order valence-electron chi connectivity index (χ4n) is 2.44. The molecule has 0 atom stereocenters. The fourth-order valence-corrected chi connectivity index (χ4v) is 2.61. The maximum absolute atomic E-state index is 11.3. The number of halogens is 1. The van der Waals surface area contributed by atoms with Crippen molar-refractivity contribution in [3.8, 4) is 0 Å². The molecule has 0 aromatic carbocycles. The molecule has 0 saturated carbocycles. The molecule has 2 aromatic heterocycles. The molecule has 106 valence electrons. The molecule has 0 unspecified atom stereocenters. The molecular formula is C12H15ClN6O. The Labute approximate surface area is 120 Å². The molecule has 0 spiro atoms. The van der Waals surface area contributed by atoms with E-state index in [-0.39, 0.29) is 17.2 Å². The SMILES string of the molecule is CC(=O)N1CCC(Nc2nc(Cl)nc3nc[nH]c23)CC1. The van der Waals surface area contributed by atoms with Crippen LogP contribution in [0, 0.1) is 0 Å². The van der Waals surface area contributed by atoms with Gasteiger partial charge >= 0.3 is 0 Å². The van der Waals surface area contributed by atoms with E-state index < -0.39 is 0 Å². The highest BCUT2D eigenvalue weighted by atomic mass is 35.5. The predicted molar refractivity (Wildman–Crippen MR) is 75.6 cm³/mol. The number of carbonyl (C=O) groups excluding carboxylic acids is 1. The summed E-state index contributed by atoms with van der Waals surface area (Å²) in [7, 11) is 0. The lowest BCUT2D eigenvalue weighted by Gasteiger charge is -2.31. The third-order valence-corrected chi connectivity index (χ3v) is 3.71. The molecule has 0 aliphatic carbocycles. The minimum absolute atomic E-state index is 0.129. The Hall–Kier alpha value is -1.89. The molecule has 20 heavy (non-hydrogen) atoms. The number of fused-ring (bicyclic) bond motifs is 1. The van der Waals surface area contributed by atoms with Gasteiger partial charge in [-0.1, -0.05) is 0 Å². The molecule has 1 aliphatic heterocycles. The van der Waals surface area contributed by atoms with Crippen molar-refractivity contribution >= 4 is 34.5 Å². The number of aromatic amines is 1. The van der Waals surface area contributed by atoms with E-state index in [9.17, 15) is 4.79 Å². The number of imidazole rings is 1. The van der Waals surface area contributed by atoms with Crippen molar-refractivity contribution in [3.63, 3.8) is 0 Å². The molecule has 1 amide bonds. The third-order valence-electron chi connectivity index (χ3n) is 3.54. The second kappa shape index (κ2) is 5.24. The summed E-state index contributed by atoms with van der Waals surface area (Å²) >= 11 is 5.89. The Bertz CT molecular complexity index is 634. The first-order chi connectivity index (χ1) is 9.63. The Morgan fingerprint density at radius 3 is 2.90 bits per heavy atom.